The Morgan fingerprint density at radius 1 is 1.15 bits per heavy atom. The summed E-state index contributed by atoms with van der Waals surface area (Å²) in [6.45, 7) is 2.87. The number of rotatable bonds is 5. The van der Waals surface area contributed by atoms with E-state index in [1.54, 1.807) is 6.07 Å². The second-order valence-electron chi connectivity index (χ2n) is 7.04. The molecular formula is C18H27N3O4S. The zero-order valence-electron chi connectivity index (χ0n) is 15.4. The van der Waals surface area contributed by atoms with Crippen LogP contribution >= 0.6 is 0 Å². The van der Waals surface area contributed by atoms with Crippen molar-refractivity contribution in [3.05, 3.63) is 18.2 Å². The van der Waals surface area contributed by atoms with E-state index < -0.39 is 10.0 Å². The van der Waals surface area contributed by atoms with Crippen LogP contribution < -0.4 is 10.1 Å². The Balaban J connectivity index is 1.80. The summed E-state index contributed by atoms with van der Waals surface area (Å²) in [6, 6.07) is 4.66. The second kappa shape index (κ2) is 7.94. The van der Waals surface area contributed by atoms with E-state index in [1.807, 2.05) is 7.05 Å². The van der Waals surface area contributed by atoms with Crippen LogP contribution in [0.4, 0.5) is 5.69 Å². The Morgan fingerprint density at radius 3 is 2.42 bits per heavy atom. The van der Waals surface area contributed by atoms with E-state index >= 15 is 0 Å². The summed E-state index contributed by atoms with van der Waals surface area (Å²) < 4.78 is 32.4. The van der Waals surface area contributed by atoms with Crippen molar-refractivity contribution in [2.24, 2.45) is 5.92 Å². The molecule has 1 N–H and O–H groups in total. The monoisotopic (exact) mass is 381 g/mol. The van der Waals surface area contributed by atoms with Gasteiger partial charge < -0.3 is 15.0 Å². The zero-order chi connectivity index (χ0) is 18.7. The number of methoxy groups -OCH3 is 1. The highest BCUT2D eigenvalue weighted by Gasteiger charge is 2.29. The minimum absolute atomic E-state index is 0.0604. The fourth-order valence-electron chi connectivity index (χ4n) is 3.53. The van der Waals surface area contributed by atoms with E-state index in [0.717, 1.165) is 38.8 Å². The van der Waals surface area contributed by atoms with E-state index in [0.29, 0.717) is 24.5 Å². The molecule has 0 saturated carbocycles. The molecule has 7 nitrogen and oxygen atoms in total. The number of carbonyl (C=O) groups is 1. The fraction of sp³-hybridized carbons (Fsp3) is 0.611. The third kappa shape index (κ3) is 4.02. The number of piperidine rings is 1. The lowest BCUT2D eigenvalue weighted by molar-refractivity contribution is -0.121. The van der Waals surface area contributed by atoms with Gasteiger partial charge in [-0.25, -0.2) is 8.42 Å². The van der Waals surface area contributed by atoms with E-state index in [1.165, 1.54) is 23.5 Å². The van der Waals surface area contributed by atoms with Crippen LogP contribution in [0.3, 0.4) is 0 Å². The number of nitrogens with zero attached hydrogens (tertiary/aromatic N) is 2. The van der Waals surface area contributed by atoms with Crippen molar-refractivity contribution in [3.63, 3.8) is 0 Å². The first-order valence-corrected chi connectivity index (χ1v) is 10.5. The number of likely N-dealkylation sites (tertiary alicyclic amines) is 1. The fourth-order valence-corrected chi connectivity index (χ4v) is 5.07. The first-order chi connectivity index (χ1) is 12.4. The standard InChI is InChI=1S/C18H27N3O4S/c1-20-11-7-14(8-12-20)18(22)19-16-13-15(5-6-17(16)25-2)26(23,24)21-9-3-4-10-21/h5-6,13-14H,3-4,7-12H2,1-2H3,(H,19,22). The molecule has 1 aromatic carbocycles. The maximum absolute atomic E-state index is 12.8. The SMILES string of the molecule is COc1ccc(S(=O)(=O)N2CCCC2)cc1NC(=O)C1CCN(C)CC1. The highest BCUT2D eigenvalue weighted by molar-refractivity contribution is 7.89. The average molecular weight is 381 g/mol. The average Bonchev–Trinajstić information content (AvgIpc) is 3.17. The molecule has 2 saturated heterocycles. The van der Waals surface area contributed by atoms with Crippen molar-refractivity contribution in [2.75, 3.05) is 45.7 Å². The number of anilines is 1. The largest absolute Gasteiger partial charge is 0.495 e. The topological polar surface area (TPSA) is 79.0 Å². The molecule has 1 amide bonds. The summed E-state index contributed by atoms with van der Waals surface area (Å²) in [7, 11) is 0.0203. The summed E-state index contributed by atoms with van der Waals surface area (Å²) in [4.78, 5) is 15.0. The van der Waals surface area contributed by atoms with Crippen molar-refractivity contribution >= 4 is 21.6 Å². The maximum Gasteiger partial charge on any atom is 0.243 e. The van der Waals surface area contributed by atoms with Crippen molar-refractivity contribution in [3.8, 4) is 5.75 Å². The van der Waals surface area contributed by atoms with Gasteiger partial charge in [-0.15, -0.1) is 0 Å². The predicted molar refractivity (Wildman–Crippen MR) is 99.8 cm³/mol. The second-order valence-corrected chi connectivity index (χ2v) is 8.98. The Morgan fingerprint density at radius 2 is 1.81 bits per heavy atom. The maximum atomic E-state index is 12.8. The van der Waals surface area contributed by atoms with E-state index in [9.17, 15) is 13.2 Å². The van der Waals surface area contributed by atoms with Crippen molar-refractivity contribution in [1.29, 1.82) is 0 Å². The molecule has 8 heteroatoms. The minimum atomic E-state index is -3.53. The first kappa shape index (κ1) is 19.1. The minimum Gasteiger partial charge on any atom is -0.495 e. The van der Waals surface area contributed by atoms with Gasteiger partial charge in [0.1, 0.15) is 5.75 Å². The Labute approximate surface area is 155 Å². The smallest absolute Gasteiger partial charge is 0.243 e. The number of sulfonamides is 1. The molecular weight excluding hydrogens is 354 g/mol. The number of hydrogen-bond donors (Lipinski definition) is 1. The molecule has 0 atom stereocenters. The molecule has 2 heterocycles. The predicted octanol–water partition coefficient (Wildman–Crippen LogP) is 1.76. The third-order valence-corrected chi connectivity index (χ3v) is 7.12. The molecule has 0 bridgehead atoms. The summed E-state index contributed by atoms with van der Waals surface area (Å²) in [5.74, 6) is 0.327. The van der Waals surface area contributed by atoms with Crippen LogP contribution in [0.15, 0.2) is 23.1 Å². The third-order valence-electron chi connectivity index (χ3n) is 5.22. The van der Waals surface area contributed by atoms with Crippen LogP contribution in [0.25, 0.3) is 0 Å². The summed E-state index contributed by atoms with van der Waals surface area (Å²) in [6.07, 6.45) is 3.37. The molecule has 1 aromatic rings. The zero-order valence-corrected chi connectivity index (χ0v) is 16.2. The van der Waals surface area contributed by atoms with Gasteiger partial charge in [0.2, 0.25) is 15.9 Å². The Bertz CT molecular complexity index is 752. The van der Waals surface area contributed by atoms with Crippen LogP contribution in [0.1, 0.15) is 25.7 Å². The van der Waals surface area contributed by atoms with Gasteiger partial charge in [-0.2, -0.15) is 4.31 Å². The van der Waals surface area contributed by atoms with Crippen LogP contribution in [0, 0.1) is 5.92 Å². The molecule has 0 aliphatic carbocycles. The van der Waals surface area contributed by atoms with Gasteiger partial charge in [0.15, 0.2) is 0 Å². The first-order valence-electron chi connectivity index (χ1n) is 9.09. The molecule has 2 aliphatic rings. The molecule has 2 fully saturated rings. The van der Waals surface area contributed by atoms with E-state index in [2.05, 4.69) is 10.2 Å². The summed E-state index contributed by atoms with van der Waals surface area (Å²) in [5.41, 5.74) is 0.414. The van der Waals surface area contributed by atoms with Gasteiger partial charge in [0.05, 0.1) is 17.7 Å². The van der Waals surface area contributed by atoms with E-state index in [-0.39, 0.29) is 16.7 Å². The molecule has 144 valence electrons. The highest BCUT2D eigenvalue weighted by Crippen LogP contribution is 2.31. The molecule has 0 aromatic heterocycles. The molecule has 3 rings (SSSR count). The lowest BCUT2D eigenvalue weighted by atomic mass is 9.96. The summed E-state index contributed by atoms with van der Waals surface area (Å²) in [5, 5.41) is 2.88. The number of hydrogen-bond acceptors (Lipinski definition) is 5. The van der Waals surface area contributed by atoms with E-state index in [4.69, 9.17) is 4.74 Å². The highest BCUT2D eigenvalue weighted by atomic mass is 32.2. The number of benzene rings is 1. The van der Waals surface area contributed by atoms with Gasteiger partial charge >= 0.3 is 0 Å². The van der Waals surface area contributed by atoms with Crippen LogP contribution in [-0.2, 0) is 14.8 Å². The Hall–Kier alpha value is -1.64. The lowest BCUT2D eigenvalue weighted by Gasteiger charge is -2.28. The van der Waals surface area contributed by atoms with Crippen molar-refractivity contribution in [1.82, 2.24) is 9.21 Å². The van der Waals surface area contributed by atoms with Crippen LogP contribution in [0.5, 0.6) is 5.75 Å². The normalized spacial score (nSPS) is 20.2. The molecule has 2 aliphatic heterocycles. The van der Waals surface area contributed by atoms with Crippen LogP contribution in [0.2, 0.25) is 0 Å². The van der Waals surface area contributed by atoms with Gasteiger partial charge in [0.25, 0.3) is 0 Å². The van der Waals surface area contributed by atoms with Crippen molar-refractivity contribution in [2.45, 2.75) is 30.6 Å². The van der Waals surface area contributed by atoms with Crippen LogP contribution in [-0.4, -0.2) is 63.9 Å². The summed E-state index contributed by atoms with van der Waals surface area (Å²) >= 11 is 0. The number of amides is 1. The number of carbonyl (C=O) groups excluding carboxylic acids is 1. The van der Waals surface area contributed by atoms with Crippen molar-refractivity contribution < 1.29 is 17.9 Å². The van der Waals surface area contributed by atoms with Gasteiger partial charge in [-0.1, -0.05) is 0 Å². The van der Waals surface area contributed by atoms with Gasteiger partial charge in [0, 0.05) is 19.0 Å². The van der Waals surface area contributed by atoms with Gasteiger partial charge in [-0.05, 0) is 64.0 Å². The van der Waals surface area contributed by atoms with Gasteiger partial charge in [-0.3, -0.25) is 4.79 Å². The number of ether oxygens (including phenoxy) is 1. The lowest BCUT2D eigenvalue weighted by Crippen LogP contribution is -2.36. The quantitative estimate of drug-likeness (QED) is 0.841. The number of nitrogens with one attached hydrogen (secondary N) is 1. The molecule has 0 spiro atoms. The molecule has 0 radical (unpaired) electrons. The molecule has 0 unspecified atom stereocenters. The Kier molecular flexibility index (Phi) is 5.84. The molecule has 26 heavy (non-hydrogen) atoms.